The van der Waals surface area contributed by atoms with E-state index in [1.165, 1.54) is 0 Å². The number of hydrogen-bond donors (Lipinski definition) is 1. The first-order valence-electron chi connectivity index (χ1n) is 6.93. The molecule has 4 nitrogen and oxygen atoms in total. The molecule has 1 aliphatic heterocycles. The van der Waals surface area contributed by atoms with Crippen LogP contribution in [0.2, 0.25) is 0 Å². The molecule has 1 aromatic rings. The summed E-state index contributed by atoms with van der Waals surface area (Å²) >= 11 is 1.78. The van der Waals surface area contributed by atoms with Gasteiger partial charge in [-0.15, -0.1) is 0 Å². The number of ether oxygens (including phenoxy) is 1. The molecule has 0 bridgehead atoms. The second-order valence-electron chi connectivity index (χ2n) is 4.82. The van der Waals surface area contributed by atoms with Gasteiger partial charge in [0.15, 0.2) is 0 Å². The fourth-order valence-electron chi connectivity index (χ4n) is 2.28. The Hall–Kier alpha value is -0.490. The molecule has 5 heteroatoms. The number of nitrogens with one attached hydrogen (secondary N) is 1. The first kappa shape index (κ1) is 14.9. The van der Waals surface area contributed by atoms with Crippen molar-refractivity contribution >= 4 is 11.8 Å². The molecular weight excluding hydrogens is 260 g/mol. The standard InChI is InChI=1S/C14H24N2O2S/c1-3-16-6-7-17-14(10-16)9-15-8-12-4-5-13(18-12)11-19-2/h4-5,14-15H,3,6-11H2,1-2H3. The summed E-state index contributed by atoms with van der Waals surface area (Å²) in [5.74, 6) is 3.00. The van der Waals surface area contributed by atoms with E-state index in [0.717, 1.165) is 56.6 Å². The molecule has 1 N–H and O–H groups in total. The van der Waals surface area contributed by atoms with Crippen LogP contribution < -0.4 is 5.32 Å². The van der Waals surface area contributed by atoms with Gasteiger partial charge < -0.3 is 14.5 Å². The van der Waals surface area contributed by atoms with Crippen molar-refractivity contribution in [1.82, 2.24) is 10.2 Å². The van der Waals surface area contributed by atoms with Crippen molar-refractivity contribution in [2.75, 3.05) is 39.0 Å². The lowest BCUT2D eigenvalue weighted by Gasteiger charge is -2.32. The van der Waals surface area contributed by atoms with Crippen LogP contribution in [0, 0.1) is 0 Å². The Morgan fingerprint density at radius 3 is 3.05 bits per heavy atom. The molecule has 2 heterocycles. The molecule has 108 valence electrons. The van der Waals surface area contributed by atoms with E-state index >= 15 is 0 Å². The predicted molar refractivity (Wildman–Crippen MR) is 79.5 cm³/mol. The highest BCUT2D eigenvalue weighted by atomic mass is 32.2. The fourth-order valence-corrected chi connectivity index (χ4v) is 2.72. The van der Waals surface area contributed by atoms with Crippen LogP contribution in [0.5, 0.6) is 0 Å². The predicted octanol–water partition coefficient (Wildman–Crippen LogP) is 1.95. The van der Waals surface area contributed by atoms with Crippen molar-refractivity contribution in [3.63, 3.8) is 0 Å². The molecule has 0 radical (unpaired) electrons. The van der Waals surface area contributed by atoms with Crippen molar-refractivity contribution in [3.05, 3.63) is 23.7 Å². The minimum absolute atomic E-state index is 0.300. The van der Waals surface area contributed by atoms with Gasteiger partial charge in [0.05, 0.1) is 25.0 Å². The van der Waals surface area contributed by atoms with Crippen LogP contribution in [0.25, 0.3) is 0 Å². The second kappa shape index (κ2) is 7.94. The monoisotopic (exact) mass is 284 g/mol. The molecule has 1 unspecified atom stereocenters. The summed E-state index contributed by atoms with van der Waals surface area (Å²) < 4.78 is 11.5. The Morgan fingerprint density at radius 2 is 2.26 bits per heavy atom. The van der Waals surface area contributed by atoms with Crippen molar-refractivity contribution in [3.8, 4) is 0 Å². The number of morpholine rings is 1. The molecule has 0 aliphatic carbocycles. The van der Waals surface area contributed by atoms with Gasteiger partial charge in [-0.1, -0.05) is 6.92 Å². The lowest BCUT2D eigenvalue weighted by molar-refractivity contribution is -0.0255. The normalized spacial score (nSPS) is 20.8. The lowest BCUT2D eigenvalue weighted by atomic mass is 10.2. The number of rotatable bonds is 7. The van der Waals surface area contributed by atoms with Gasteiger partial charge in [-0.3, -0.25) is 4.90 Å². The van der Waals surface area contributed by atoms with Gasteiger partial charge in [0, 0.05) is 19.6 Å². The molecular formula is C14H24N2O2S. The summed E-state index contributed by atoms with van der Waals surface area (Å²) in [5.41, 5.74) is 0. The third-order valence-electron chi connectivity index (χ3n) is 3.35. The molecule has 1 atom stereocenters. The highest BCUT2D eigenvalue weighted by Crippen LogP contribution is 2.13. The van der Waals surface area contributed by atoms with Crippen LogP contribution in [0.4, 0.5) is 0 Å². The lowest BCUT2D eigenvalue weighted by Crippen LogP contribution is -2.46. The van der Waals surface area contributed by atoms with E-state index in [4.69, 9.17) is 9.15 Å². The van der Waals surface area contributed by atoms with Crippen LogP contribution >= 0.6 is 11.8 Å². The van der Waals surface area contributed by atoms with Crippen molar-refractivity contribution < 1.29 is 9.15 Å². The molecule has 2 rings (SSSR count). The first-order chi connectivity index (χ1) is 9.31. The van der Waals surface area contributed by atoms with Gasteiger partial charge in [0.2, 0.25) is 0 Å². The van der Waals surface area contributed by atoms with Gasteiger partial charge in [0.1, 0.15) is 11.5 Å². The van der Waals surface area contributed by atoms with Crippen LogP contribution in [0.15, 0.2) is 16.5 Å². The quantitative estimate of drug-likeness (QED) is 0.828. The summed E-state index contributed by atoms with van der Waals surface area (Å²) in [7, 11) is 0. The zero-order valence-electron chi connectivity index (χ0n) is 11.9. The largest absolute Gasteiger partial charge is 0.464 e. The van der Waals surface area contributed by atoms with Gasteiger partial charge in [-0.25, -0.2) is 0 Å². The van der Waals surface area contributed by atoms with Gasteiger partial charge >= 0.3 is 0 Å². The SMILES string of the molecule is CCN1CCOC(CNCc2ccc(CSC)o2)C1. The van der Waals surface area contributed by atoms with E-state index < -0.39 is 0 Å². The number of furan rings is 1. The highest BCUT2D eigenvalue weighted by molar-refractivity contribution is 7.97. The molecule has 1 aromatic heterocycles. The van der Waals surface area contributed by atoms with Crippen molar-refractivity contribution in [1.29, 1.82) is 0 Å². The molecule has 1 aliphatic rings. The van der Waals surface area contributed by atoms with E-state index in [9.17, 15) is 0 Å². The van der Waals surface area contributed by atoms with Gasteiger partial charge in [-0.2, -0.15) is 11.8 Å². The first-order valence-corrected chi connectivity index (χ1v) is 8.32. The average Bonchev–Trinajstić information content (AvgIpc) is 2.87. The van der Waals surface area contributed by atoms with E-state index in [0.29, 0.717) is 6.10 Å². The van der Waals surface area contributed by atoms with Crippen LogP contribution in [-0.2, 0) is 17.0 Å². The Labute approximate surface area is 119 Å². The highest BCUT2D eigenvalue weighted by Gasteiger charge is 2.18. The van der Waals surface area contributed by atoms with Crippen molar-refractivity contribution in [2.24, 2.45) is 0 Å². The number of likely N-dealkylation sites (N-methyl/N-ethyl adjacent to an activating group) is 1. The zero-order valence-corrected chi connectivity index (χ0v) is 12.7. The van der Waals surface area contributed by atoms with Crippen molar-refractivity contribution in [2.45, 2.75) is 25.3 Å². The summed E-state index contributed by atoms with van der Waals surface area (Å²) in [4.78, 5) is 2.43. The second-order valence-corrected chi connectivity index (χ2v) is 5.68. The summed E-state index contributed by atoms with van der Waals surface area (Å²) in [6, 6.07) is 4.11. The van der Waals surface area contributed by atoms with Gasteiger partial charge in [0.25, 0.3) is 0 Å². The maximum atomic E-state index is 5.75. The minimum Gasteiger partial charge on any atom is -0.464 e. The van der Waals surface area contributed by atoms with E-state index in [1.807, 2.05) is 0 Å². The third-order valence-corrected chi connectivity index (χ3v) is 3.92. The Bertz CT molecular complexity index is 370. The molecule has 1 saturated heterocycles. The smallest absolute Gasteiger partial charge is 0.118 e. The van der Waals surface area contributed by atoms with Crippen LogP contribution in [0.3, 0.4) is 0 Å². The molecule has 19 heavy (non-hydrogen) atoms. The minimum atomic E-state index is 0.300. The molecule has 0 spiro atoms. The van der Waals surface area contributed by atoms with Crippen LogP contribution in [-0.4, -0.2) is 50.0 Å². The zero-order chi connectivity index (χ0) is 13.5. The summed E-state index contributed by atoms with van der Waals surface area (Å²) in [6.07, 6.45) is 2.38. The third kappa shape index (κ3) is 4.84. The maximum Gasteiger partial charge on any atom is 0.118 e. The number of thioether (sulfide) groups is 1. The molecule has 0 amide bonds. The van der Waals surface area contributed by atoms with Crippen LogP contribution in [0.1, 0.15) is 18.4 Å². The molecule has 0 aromatic carbocycles. The van der Waals surface area contributed by atoms with E-state index in [1.54, 1.807) is 11.8 Å². The van der Waals surface area contributed by atoms with Gasteiger partial charge in [-0.05, 0) is 24.9 Å². The Balaban J connectivity index is 1.67. The molecule has 1 fully saturated rings. The number of nitrogens with zero attached hydrogens (tertiary/aromatic N) is 1. The maximum absolute atomic E-state index is 5.75. The Kier molecular flexibility index (Phi) is 6.23. The fraction of sp³-hybridized carbons (Fsp3) is 0.714. The van der Waals surface area contributed by atoms with E-state index in [2.05, 4.69) is 35.5 Å². The summed E-state index contributed by atoms with van der Waals surface area (Å²) in [6.45, 7) is 7.90. The molecule has 0 saturated carbocycles. The Morgan fingerprint density at radius 1 is 1.42 bits per heavy atom. The summed E-state index contributed by atoms with van der Waals surface area (Å²) in [5, 5.41) is 3.42. The average molecular weight is 284 g/mol. The van der Waals surface area contributed by atoms with E-state index in [-0.39, 0.29) is 0 Å². The number of hydrogen-bond acceptors (Lipinski definition) is 5. The topological polar surface area (TPSA) is 37.6 Å².